The Hall–Kier alpha value is -2.54. The summed E-state index contributed by atoms with van der Waals surface area (Å²) in [6.07, 6.45) is 0.999. The number of nitrogens with one attached hydrogen (secondary N) is 1. The van der Waals surface area contributed by atoms with E-state index in [0.717, 1.165) is 22.0 Å². The molecular weight excluding hydrogens is 394 g/mol. The highest BCUT2D eigenvalue weighted by molar-refractivity contribution is 9.10. The molecule has 0 aliphatic heterocycles. The summed E-state index contributed by atoms with van der Waals surface area (Å²) in [7, 11) is 0. The average molecular weight is 414 g/mol. The minimum absolute atomic E-state index is 0.0227. The highest BCUT2D eigenvalue weighted by Crippen LogP contribution is 2.24. The molecule has 3 rings (SSSR count). The van der Waals surface area contributed by atoms with E-state index in [0.29, 0.717) is 5.82 Å². The van der Waals surface area contributed by atoms with Crippen LogP contribution in [0, 0.1) is 0 Å². The maximum atomic E-state index is 12.3. The molecular formula is C19H20BrN5O. The molecule has 1 amide bonds. The summed E-state index contributed by atoms with van der Waals surface area (Å²) in [6, 6.07) is 15.8. The Morgan fingerprint density at radius 3 is 2.62 bits per heavy atom. The van der Waals surface area contributed by atoms with Crippen molar-refractivity contribution >= 4 is 21.8 Å². The Morgan fingerprint density at radius 2 is 1.92 bits per heavy atom. The Bertz CT molecular complexity index is 891. The SMILES string of the molecule is CCc1ccc([C@H](C)NC(=O)Cn2nnc(-c3ccccc3Br)n2)cc1. The zero-order valence-electron chi connectivity index (χ0n) is 14.7. The number of benzene rings is 2. The molecule has 1 heterocycles. The molecule has 0 unspecified atom stereocenters. The molecule has 0 saturated heterocycles. The van der Waals surface area contributed by atoms with Gasteiger partial charge in [-0.25, -0.2) is 0 Å². The molecule has 26 heavy (non-hydrogen) atoms. The predicted molar refractivity (Wildman–Crippen MR) is 103 cm³/mol. The molecule has 2 aromatic carbocycles. The van der Waals surface area contributed by atoms with Crippen molar-refractivity contribution in [3.05, 3.63) is 64.1 Å². The second kappa shape index (κ2) is 8.23. The highest BCUT2D eigenvalue weighted by Gasteiger charge is 2.13. The van der Waals surface area contributed by atoms with Crippen molar-refractivity contribution in [2.75, 3.05) is 0 Å². The second-order valence-corrected chi connectivity index (χ2v) is 6.86. The summed E-state index contributed by atoms with van der Waals surface area (Å²) in [5.41, 5.74) is 3.18. The standard InChI is InChI=1S/C19H20BrN5O/c1-3-14-8-10-15(11-9-14)13(2)21-18(26)12-25-23-19(22-24-25)16-6-4-5-7-17(16)20/h4-11,13H,3,12H2,1-2H3,(H,21,26)/t13-/m0/s1. The van der Waals surface area contributed by atoms with Crippen molar-refractivity contribution in [1.82, 2.24) is 25.5 Å². The molecule has 7 heteroatoms. The first-order valence-electron chi connectivity index (χ1n) is 8.47. The lowest BCUT2D eigenvalue weighted by Crippen LogP contribution is -2.30. The van der Waals surface area contributed by atoms with Gasteiger partial charge in [0.15, 0.2) is 0 Å². The molecule has 0 spiro atoms. The Balaban J connectivity index is 1.62. The van der Waals surface area contributed by atoms with Gasteiger partial charge < -0.3 is 5.32 Å². The smallest absolute Gasteiger partial charge is 0.244 e. The summed E-state index contributed by atoms with van der Waals surface area (Å²) < 4.78 is 0.883. The van der Waals surface area contributed by atoms with E-state index in [1.54, 1.807) is 0 Å². The Morgan fingerprint density at radius 1 is 1.19 bits per heavy atom. The third-order valence-corrected chi connectivity index (χ3v) is 4.81. The van der Waals surface area contributed by atoms with Gasteiger partial charge in [-0.3, -0.25) is 4.79 Å². The maximum absolute atomic E-state index is 12.3. The minimum atomic E-state index is -0.159. The lowest BCUT2D eigenvalue weighted by molar-refractivity contribution is -0.122. The van der Waals surface area contributed by atoms with Gasteiger partial charge >= 0.3 is 0 Å². The van der Waals surface area contributed by atoms with Crippen LogP contribution in [0.1, 0.15) is 31.0 Å². The van der Waals surface area contributed by atoms with Crippen LogP contribution in [0.25, 0.3) is 11.4 Å². The topological polar surface area (TPSA) is 72.7 Å². The number of rotatable bonds is 6. The number of halogens is 1. The summed E-state index contributed by atoms with van der Waals surface area (Å²) in [6.45, 7) is 4.10. The molecule has 0 bridgehead atoms. The quantitative estimate of drug-likeness (QED) is 0.670. The predicted octanol–water partition coefficient (Wildman–Crippen LogP) is 3.54. The van der Waals surface area contributed by atoms with E-state index >= 15 is 0 Å². The van der Waals surface area contributed by atoms with Crippen LogP contribution >= 0.6 is 15.9 Å². The number of tetrazole rings is 1. The van der Waals surface area contributed by atoms with Gasteiger partial charge in [-0.1, -0.05) is 59.3 Å². The van der Waals surface area contributed by atoms with Gasteiger partial charge in [-0.15, -0.1) is 10.2 Å². The van der Waals surface area contributed by atoms with Crippen molar-refractivity contribution < 1.29 is 4.79 Å². The molecule has 0 radical (unpaired) electrons. The normalized spacial score (nSPS) is 12.0. The van der Waals surface area contributed by atoms with Crippen LogP contribution in [0.15, 0.2) is 53.0 Å². The van der Waals surface area contributed by atoms with Crippen molar-refractivity contribution in [2.24, 2.45) is 0 Å². The van der Waals surface area contributed by atoms with Crippen molar-refractivity contribution in [3.63, 3.8) is 0 Å². The minimum Gasteiger partial charge on any atom is -0.348 e. The van der Waals surface area contributed by atoms with E-state index < -0.39 is 0 Å². The first-order valence-corrected chi connectivity index (χ1v) is 9.27. The first kappa shape index (κ1) is 18.3. The molecule has 1 atom stereocenters. The molecule has 0 fully saturated rings. The number of aryl methyl sites for hydroxylation is 1. The third-order valence-electron chi connectivity index (χ3n) is 4.12. The fraction of sp³-hybridized carbons (Fsp3) is 0.263. The van der Waals surface area contributed by atoms with Crippen LogP contribution in [0.5, 0.6) is 0 Å². The van der Waals surface area contributed by atoms with E-state index in [1.165, 1.54) is 10.4 Å². The zero-order valence-corrected chi connectivity index (χ0v) is 16.3. The summed E-state index contributed by atoms with van der Waals surface area (Å²) in [5, 5.41) is 15.3. The van der Waals surface area contributed by atoms with Crippen molar-refractivity contribution in [1.29, 1.82) is 0 Å². The number of nitrogens with zero attached hydrogens (tertiary/aromatic N) is 4. The molecule has 0 aliphatic carbocycles. The molecule has 1 aromatic heterocycles. The van der Waals surface area contributed by atoms with Gasteiger partial charge in [-0.2, -0.15) is 4.80 Å². The fourth-order valence-electron chi connectivity index (χ4n) is 2.60. The molecule has 0 aliphatic rings. The van der Waals surface area contributed by atoms with Gasteiger partial charge in [-0.05, 0) is 41.8 Å². The van der Waals surface area contributed by atoms with Crippen LogP contribution < -0.4 is 5.32 Å². The van der Waals surface area contributed by atoms with Crippen LogP contribution in [-0.2, 0) is 17.8 Å². The summed E-state index contributed by atoms with van der Waals surface area (Å²) >= 11 is 3.47. The summed E-state index contributed by atoms with van der Waals surface area (Å²) in [4.78, 5) is 13.6. The van der Waals surface area contributed by atoms with Crippen LogP contribution in [0.3, 0.4) is 0 Å². The number of amides is 1. The van der Waals surface area contributed by atoms with Gasteiger partial charge in [0.1, 0.15) is 6.54 Å². The average Bonchev–Trinajstić information content (AvgIpc) is 3.10. The van der Waals surface area contributed by atoms with Crippen LogP contribution in [-0.4, -0.2) is 26.1 Å². The largest absolute Gasteiger partial charge is 0.348 e. The van der Waals surface area contributed by atoms with E-state index in [9.17, 15) is 4.79 Å². The monoisotopic (exact) mass is 413 g/mol. The van der Waals surface area contributed by atoms with Crippen molar-refractivity contribution in [2.45, 2.75) is 32.9 Å². The van der Waals surface area contributed by atoms with Gasteiger partial charge in [0, 0.05) is 10.0 Å². The fourth-order valence-corrected chi connectivity index (χ4v) is 3.06. The number of carbonyl (C=O) groups excluding carboxylic acids is 1. The van der Waals surface area contributed by atoms with Crippen molar-refractivity contribution in [3.8, 4) is 11.4 Å². The molecule has 3 aromatic rings. The van der Waals surface area contributed by atoms with Gasteiger partial charge in [0.2, 0.25) is 11.7 Å². The summed E-state index contributed by atoms with van der Waals surface area (Å²) in [5.74, 6) is 0.321. The van der Waals surface area contributed by atoms with E-state index in [4.69, 9.17) is 0 Å². The van der Waals surface area contributed by atoms with Crippen LogP contribution in [0.2, 0.25) is 0 Å². The van der Waals surface area contributed by atoms with Gasteiger partial charge in [0.05, 0.1) is 6.04 Å². The first-order chi connectivity index (χ1) is 12.6. The molecule has 1 N–H and O–H groups in total. The number of aromatic nitrogens is 4. The number of hydrogen-bond acceptors (Lipinski definition) is 4. The number of hydrogen-bond donors (Lipinski definition) is 1. The Kier molecular flexibility index (Phi) is 5.78. The molecule has 0 saturated carbocycles. The maximum Gasteiger partial charge on any atom is 0.244 e. The number of carbonyl (C=O) groups is 1. The molecule has 134 valence electrons. The third kappa shape index (κ3) is 4.35. The second-order valence-electron chi connectivity index (χ2n) is 6.01. The Labute approximate surface area is 160 Å². The molecule has 6 nitrogen and oxygen atoms in total. The highest BCUT2D eigenvalue weighted by atomic mass is 79.9. The zero-order chi connectivity index (χ0) is 18.5. The van der Waals surface area contributed by atoms with E-state index in [-0.39, 0.29) is 18.5 Å². The van der Waals surface area contributed by atoms with Gasteiger partial charge in [0.25, 0.3) is 0 Å². The lowest BCUT2D eigenvalue weighted by Gasteiger charge is -2.14. The van der Waals surface area contributed by atoms with E-state index in [2.05, 4.69) is 55.7 Å². The van der Waals surface area contributed by atoms with E-state index in [1.807, 2.05) is 43.3 Å². The van der Waals surface area contributed by atoms with Crippen LogP contribution in [0.4, 0.5) is 0 Å². The lowest BCUT2D eigenvalue weighted by atomic mass is 10.1.